The van der Waals surface area contributed by atoms with Gasteiger partial charge in [-0.1, -0.05) is 47.7 Å². The predicted octanol–water partition coefficient (Wildman–Crippen LogP) is 3.65. The Bertz CT molecular complexity index is 902. The van der Waals surface area contributed by atoms with Crippen LogP contribution >= 0.6 is 0 Å². The molecule has 1 atom stereocenters. The van der Waals surface area contributed by atoms with Crippen molar-refractivity contribution in [2.45, 2.75) is 19.6 Å². The van der Waals surface area contributed by atoms with Crippen LogP contribution in [-0.4, -0.2) is 28.1 Å². The van der Waals surface area contributed by atoms with Gasteiger partial charge in [-0.05, 0) is 36.3 Å². The summed E-state index contributed by atoms with van der Waals surface area (Å²) in [6.07, 6.45) is 4.37. The summed E-state index contributed by atoms with van der Waals surface area (Å²) in [5.74, 6) is 0.326. The Morgan fingerprint density at radius 2 is 1.89 bits per heavy atom. The highest BCUT2D eigenvalue weighted by molar-refractivity contribution is 5.86. The smallest absolute Gasteiger partial charge is 0.331 e. The van der Waals surface area contributed by atoms with E-state index in [0.717, 1.165) is 16.9 Å². The lowest BCUT2D eigenvalue weighted by Gasteiger charge is -2.12. The second-order valence-electron chi connectivity index (χ2n) is 6.01. The van der Waals surface area contributed by atoms with Crippen LogP contribution in [0, 0.1) is 0 Å². The lowest BCUT2D eigenvalue weighted by Crippen LogP contribution is -2.06. The van der Waals surface area contributed by atoms with Crippen molar-refractivity contribution in [3.63, 3.8) is 0 Å². The molecule has 6 heteroatoms. The molecule has 1 heterocycles. The number of esters is 1. The monoisotopic (exact) mass is 363 g/mol. The third-order valence-electron chi connectivity index (χ3n) is 4.01. The number of aromatic nitrogens is 3. The van der Waals surface area contributed by atoms with E-state index in [2.05, 4.69) is 10.3 Å². The summed E-state index contributed by atoms with van der Waals surface area (Å²) in [5, 5.41) is 8.11. The molecule has 0 N–H and O–H groups in total. The molecule has 27 heavy (non-hydrogen) atoms. The number of ether oxygens (including phenoxy) is 2. The van der Waals surface area contributed by atoms with Gasteiger partial charge in [-0.25, -0.2) is 9.48 Å². The summed E-state index contributed by atoms with van der Waals surface area (Å²) in [7, 11) is 1.61. The molecule has 3 rings (SSSR count). The average molecular weight is 363 g/mol. The minimum atomic E-state index is -0.434. The maximum absolute atomic E-state index is 12.0. The highest BCUT2D eigenvalue weighted by Gasteiger charge is 2.10. The van der Waals surface area contributed by atoms with Gasteiger partial charge in [0.1, 0.15) is 17.5 Å². The van der Waals surface area contributed by atoms with Gasteiger partial charge in [0.25, 0.3) is 0 Å². The van der Waals surface area contributed by atoms with Crippen molar-refractivity contribution < 1.29 is 14.3 Å². The fraction of sp³-hybridized carbons (Fsp3) is 0.190. The van der Waals surface area contributed by atoms with E-state index < -0.39 is 5.97 Å². The minimum Gasteiger partial charge on any atom is -0.497 e. The topological polar surface area (TPSA) is 66.2 Å². The van der Waals surface area contributed by atoms with Crippen LogP contribution < -0.4 is 4.74 Å². The molecule has 1 aromatic heterocycles. The lowest BCUT2D eigenvalue weighted by atomic mass is 10.1. The Balaban J connectivity index is 1.55. The molecule has 0 amide bonds. The van der Waals surface area contributed by atoms with Crippen molar-refractivity contribution in [1.29, 1.82) is 0 Å². The Morgan fingerprint density at radius 1 is 1.15 bits per heavy atom. The SMILES string of the molecule is COc1ccc([C@H](C)OC(=O)/C=C\c2cn(Cc3ccccc3)nn2)cc1. The van der Waals surface area contributed by atoms with E-state index in [1.54, 1.807) is 24.1 Å². The first-order valence-electron chi connectivity index (χ1n) is 8.61. The largest absolute Gasteiger partial charge is 0.497 e. The van der Waals surface area contributed by atoms with Crippen LogP contribution in [0.5, 0.6) is 5.75 Å². The van der Waals surface area contributed by atoms with Gasteiger partial charge in [-0.2, -0.15) is 0 Å². The standard InChI is InChI=1S/C21H21N3O3/c1-16(18-8-11-20(26-2)12-9-18)27-21(25)13-10-19-15-24(23-22-19)14-17-6-4-3-5-7-17/h3-13,15-16H,14H2,1-2H3/b13-10-/t16-/m0/s1. The fourth-order valence-corrected chi connectivity index (χ4v) is 2.55. The molecule has 6 nitrogen and oxygen atoms in total. The quantitative estimate of drug-likeness (QED) is 0.473. The number of carbonyl (C=O) groups is 1. The van der Waals surface area contributed by atoms with Gasteiger partial charge in [0, 0.05) is 6.08 Å². The Kier molecular flexibility index (Phi) is 5.99. The first kappa shape index (κ1) is 18.4. The maximum atomic E-state index is 12.0. The summed E-state index contributed by atoms with van der Waals surface area (Å²) in [6, 6.07) is 17.4. The summed E-state index contributed by atoms with van der Waals surface area (Å²) >= 11 is 0. The van der Waals surface area contributed by atoms with E-state index in [0.29, 0.717) is 12.2 Å². The number of hydrogen-bond acceptors (Lipinski definition) is 5. The first-order chi connectivity index (χ1) is 13.1. The second kappa shape index (κ2) is 8.80. The van der Waals surface area contributed by atoms with Gasteiger partial charge in [-0.15, -0.1) is 5.10 Å². The van der Waals surface area contributed by atoms with Crippen molar-refractivity contribution in [2.24, 2.45) is 0 Å². The van der Waals surface area contributed by atoms with Crippen LogP contribution in [0.2, 0.25) is 0 Å². The highest BCUT2D eigenvalue weighted by atomic mass is 16.5. The van der Waals surface area contributed by atoms with Crippen LogP contribution in [0.4, 0.5) is 0 Å². The second-order valence-corrected chi connectivity index (χ2v) is 6.01. The lowest BCUT2D eigenvalue weighted by molar-refractivity contribution is -0.142. The van der Waals surface area contributed by atoms with Crippen molar-refractivity contribution in [3.05, 3.63) is 83.7 Å². The fourth-order valence-electron chi connectivity index (χ4n) is 2.55. The molecule has 2 aromatic carbocycles. The summed E-state index contributed by atoms with van der Waals surface area (Å²) < 4.78 is 12.3. The van der Waals surface area contributed by atoms with E-state index in [-0.39, 0.29) is 6.10 Å². The third kappa shape index (κ3) is 5.28. The van der Waals surface area contributed by atoms with Gasteiger partial charge in [0.15, 0.2) is 0 Å². The van der Waals surface area contributed by atoms with Gasteiger partial charge < -0.3 is 9.47 Å². The van der Waals surface area contributed by atoms with Crippen LogP contribution in [0.25, 0.3) is 6.08 Å². The van der Waals surface area contributed by atoms with E-state index in [1.807, 2.05) is 61.5 Å². The molecule has 3 aromatic rings. The van der Waals surface area contributed by atoms with Crippen molar-refractivity contribution in [2.75, 3.05) is 7.11 Å². The zero-order chi connectivity index (χ0) is 19.1. The molecule has 0 unspecified atom stereocenters. The molecule has 0 aliphatic rings. The van der Waals surface area contributed by atoms with E-state index in [9.17, 15) is 4.79 Å². The summed E-state index contributed by atoms with van der Waals surface area (Å²) in [6.45, 7) is 2.45. The third-order valence-corrected chi connectivity index (χ3v) is 4.01. The van der Waals surface area contributed by atoms with Crippen molar-refractivity contribution in [1.82, 2.24) is 15.0 Å². The number of rotatable bonds is 7. The zero-order valence-electron chi connectivity index (χ0n) is 15.3. The summed E-state index contributed by atoms with van der Waals surface area (Å²) in [4.78, 5) is 12.0. The molecule has 0 aliphatic carbocycles. The van der Waals surface area contributed by atoms with Crippen LogP contribution in [0.1, 0.15) is 29.8 Å². The van der Waals surface area contributed by atoms with Crippen molar-refractivity contribution in [3.8, 4) is 5.75 Å². The molecule has 0 aliphatic heterocycles. The highest BCUT2D eigenvalue weighted by Crippen LogP contribution is 2.20. The first-order valence-corrected chi connectivity index (χ1v) is 8.61. The maximum Gasteiger partial charge on any atom is 0.331 e. The Morgan fingerprint density at radius 3 is 2.59 bits per heavy atom. The van der Waals surface area contributed by atoms with E-state index in [1.165, 1.54) is 6.08 Å². The van der Waals surface area contributed by atoms with Crippen LogP contribution in [0.15, 0.2) is 66.9 Å². The average Bonchev–Trinajstić information content (AvgIpc) is 3.14. The molecule has 0 radical (unpaired) electrons. The zero-order valence-corrected chi connectivity index (χ0v) is 15.3. The van der Waals surface area contributed by atoms with Crippen molar-refractivity contribution >= 4 is 12.0 Å². The molecule has 0 fully saturated rings. The molecule has 0 spiro atoms. The van der Waals surface area contributed by atoms with Crippen LogP contribution in [-0.2, 0) is 16.1 Å². The molecule has 0 saturated heterocycles. The molecule has 138 valence electrons. The Hall–Kier alpha value is -3.41. The van der Waals surface area contributed by atoms with E-state index >= 15 is 0 Å². The van der Waals surface area contributed by atoms with Gasteiger partial charge in [0.2, 0.25) is 0 Å². The number of benzene rings is 2. The summed E-state index contributed by atoms with van der Waals surface area (Å²) in [5.41, 5.74) is 2.62. The number of carbonyl (C=O) groups excluding carboxylic acids is 1. The molecular weight excluding hydrogens is 342 g/mol. The predicted molar refractivity (Wildman–Crippen MR) is 102 cm³/mol. The molecule has 0 saturated carbocycles. The molecular formula is C21H21N3O3. The van der Waals surface area contributed by atoms with Gasteiger partial charge in [0.05, 0.1) is 19.9 Å². The van der Waals surface area contributed by atoms with E-state index in [4.69, 9.17) is 9.47 Å². The number of nitrogens with zero attached hydrogens (tertiary/aromatic N) is 3. The molecule has 0 bridgehead atoms. The van der Waals surface area contributed by atoms with Gasteiger partial charge >= 0.3 is 5.97 Å². The number of hydrogen-bond donors (Lipinski definition) is 0. The number of methoxy groups -OCH3 is 1. The Labute approximate surface area is 158 Å². The minimum absolute atomic E-state index is 0.359. The normalized spacial score (nSPS) is 12.1. The van der Waals surface area contributed by atoms with Gasteiger partial charge in [-0.3, -0.25) is 0 Å². The van der Waals surface area contributed by atoms with Crippen LogP contribution in [0.3, 0.4) is 0 Å².